The SMILES string of the molecule is O=CNc1cccc2c(-c3ccnc(Cl)n3)c[nH]c12. The molecule has 2 aromatic heterocycles. The Kier molecular flexibility index (Phi) is 2.89. The van der Waals surface area contributed by atoms with Crippen LogP contribution in [0.25, 0.3) is 22.2 Å². The van der Waals surface area contributed by atoms with Gasteiger partial charge in [-0.2, -0.15) is 0 Å². The van der Waals surface area contributed by atoms with Crippen LogP contribution in [0.2, 0.25) is 5.28 Å². The number of nitrogens with one attached hydrogen (secondary N) is 2. The molecule has 0 aliphatic heterocycles. The molecule has 0 atom stereocenters. The monoisotopic (exact) mass is 272 g/mol. The summed E-state index contributed by atoms with van der Waals surface area (Å²) in [5, 5.41) is 3.82. The summed E-state index contributed by atoms with van der Waals surface area (Å²) < 4.78 is 0. The van der Waals surface area contributed by atoms with Gasteiger partial charge in [0.25, 0.3) is 0 Å². The van der Waals surface area contributed by atoms with Crippen LogP contribution in [0.4, 0.5) is 5.69 Å². The molecule has 3 aromatic rings. The summed E-state index contributed by atoms with van der Waals surface area (Å²) in [6.07, 6.45) is 4.09. The first-order valence-electron chi connectivity index (χ1n) is 5.59. The predicted octanol–water partition coefficient (Wildman–Crippen LogP) is 2.85. The van der Waals surface area contributed by atoms with Gasteiger partial charge in [0.15, 0.2) is 0 Å². The van der Waals surface area contributed by atoms with Crippen LogP contribution in [0, 0.1) is 0 Å². The van der Waals surface area contributed by atoms with Gasteiger partial charge in [0.05, 0.1) is 16.9 Å². The third-order valence-corrected chi connectivity index (χ3v) is 3.01. The van der Waals surface area contributed by atoms with Gasteiger partial charge in [0, 0.05) is 23.3 Å². The zero-order valence-corrected chi connectivity index (χ0v) is 10.5. The second-order valence-electron chi connectivity index (χ2n) is 3.90. The zero-order valence-electron chi connectivity index (χ0n) is 9.72. The van der Waals surface area contributed by atoms with Crippen molar-refractivity contribution in [3.63, 3.8) is 0 Å². The van der Waals surface area contributed by atoms with Crippen molar-refractivity contribution in [3.8, 4) is 11.3 Å². The number of hydrogen-bond donors (Lipinski definition) is 2. The Morgan fingerprint density at radius 3 is 3.00 bits per heavy atom. The molecule has 0 saturated heterocycles. The summed E-state index contributed by atoms with van der Waals surface area (Å²) >= 11 is 5.80. The molecule has 3 rings (SSSR count). The van der Waals surface area contributed by atoms with E-state index in [2.05, 4.69) is 20.3 Å². The van der Waals surface area contributed by atoms with Crippen molar-refractivity contribution >= 4 is 34.6 Å². The highest BCUT2D eigenvalue weighted by molar-refractivity contribution is 6.28. The number of halogens is 1. The number of fused-ring (bicyclic) bond motifs is 1. The van der Waals surface area contributed by atoms with E-state index in [4.69, 9.17) is 11.6 Å². The van der Waals surface area contributed by atoms with Crippen LogP contribution >= 0.6 is 11.6 Å². The number of amides is 1. The highest BCUT2D eigenvalue weighted by Gasteiger charge is 2.10. The fourth-order valence-corrected chi connectivity index (χ4v) is 2.18. The number of hydrogen-bond acceptors (Lipinski definition) is 3. The third-order valence-electron chi connectivity index (χ3n) is 2.83. The molecule has 1 amide bonds. The molecule has 1 aromatic carbocycles. The van der Waals surface area contributed by atoms with E-state index in [1.54, 1.807) is 12.3 Å². The molecule has 94 valence electrons. The van der Waals surface area contributed by atoms with Crippen molar-refractivity contribution in [3.05, 3.63) is 41.9 Å². The Labute approximate surface area is 113 Å². The van der Waals surface area contributed by atoms with Crippen molar-refractivity contribution in [1.29, 1.82) is 0 Å². The topological polar surface area (TPSA) is 70.7 Å². The van der Waals surface area contributed by atoms with Gasteiger partial charge in [-0.05, 0) is 23.7 Å². The van der Waals surface area contributed by atoms with Crippen molar-refractivity contribution < 1.29 is 4.79 Å². The number of benzene rings is 1. The maximum Gasteiger partial charge on any atom is 0.222 e. The summed E-state index contributed by atoms with van der Waals surface area (Å²) in [5.41, 5.74) is 3.21. The van der Waals surface area contributed by atoms with E-state index < -0.39 is 0 Å². The van der Waals surface area contributed by atoms with E-state index in [1.807, 2.05) is 24.4 Å². The number of carbonyl (C=O) groups is 1. The van der Waals surface area contributed by atoms with Crippen LogP contribution in [0.3, 0.4) is 0 Å². The van der Waals surface area contributed by atoms with Crippen molar-refractivity contribution in [1.82, 2.24) is 15.0 Å². The maximum atomic E-state index is 10.6. The van der Waals surface area contributed by atoms with E-state index >= 15 is 0 Å². The van der Waals surface area contributed by atoms with Gasteiger partial charge in [-0.25, -0.2) is 9.97 Å². The van der Waals surface area contributed by atoms with Gasteiger partial charge in [-0.3, -0.25) is 4.79 Å². The first-order valence-corrected chi connectivity index (χ1v) is 5.96. The molecular formula is C13H9ClN4O. The quantitative estimate of drug-likeness (QED) is 0.569. The number of para-hydroxylation sites is 1. The fraction of sp³-hybridized carbons (Fsp3) is 0. The summed E-state index contributed by atoms with van der Waals surface area (Å²) in [6.45, 7) is 0. The second kappa shape index (κ2) is 4.70. The Morgan fingerprint density at radius 1 is 1.32 bits per heavy atom. The maximum absolute atomic E-state index is 10.6. The molecule has 0 fully saturated rings. The van der Waals surface area contributed by atoms with E-state index in [0.29, 0.717) is 6.41 Å². The van der Waals surface area contributed by atoms with E-state index in [9.17, 15) is 4.79 Å². The van der Waals surface area contributed by atoms with Crippen molar-refractivity contribution in [2.24, 2.45) is 0 Å². The smallest absolute Gasteiger partial charge is 0.222 e. The van der Waals surface area contributed by atoms with E-state index in [-0.39, 0.29) is 5.28 Å². The van der Waals surface area contributed by atoms with Gasteiger partial charge in [-0.15, -0.1) is 0 Å². The second-order valence-corrected chi connectivity index (χ2v) is 4.24. The van der Waals surface area contributed by atoms with E-state index in [1.165, 1.54) is 0 Å². The average Bonchev–Trinajstić information content (AvgIpc) is 2.84. The minimum absolute atomic E-state index is 0.203. The molecule has 0 aliphatic carbocycles. The molecule has 0 aliphatic rings. The molecule has 0 saturated carbocycles. The largest absolute Gasteiger partial charge is 0.359 e. The number of carbonyl (C=O) groups excluding carboxylic acids is 1. The van der Waals surface area contributed by atoms with Gasteiger partial charge < -0.3 is 10.3 Å². The first-order chi connectivity index (χ1) is 9.29. The van der Waals surface area contributed by atoms with Gasteiger partial charge in [0.2, 0.25) is 11.7 Å². The number of aromatic nitrogens is 3. The van der Waals surface area contributed by atoms with Gasteiger partial charge >= 0.3 is 0 Å². The van der Waals surface area contributed by atoms with Crippen LogP contribution in [-0.4, -0.2) is 21.4 Å². The minimum atomic E-state index is 0.203. The predicted molar refractivity (Wildman–Crippen MR) is 74.0 cm³/mol. The standard InChI is InChI=1S/C13H9ClN4O/c14-13-15-5-4-10(18-13)9-6-16-12-8(9)2-1-3-11(12)17-7-19/h1-7,16H,(H,17,19). The van der Waals surface area contributed by atoms with Crippen molar-refractivity contribution in [2.75, 3.05) is 5.32 Å². The third kappa shape index (κ3) is 2.04. The summed E-state index contributed by atoms with van der Waals surface area (Å²) in [7, 11) is 0. The molecule has 0 radical (unpaired) electrons. The first kappa shape index (κ1) is 11.7. The molecule has 0 unspecified atom stereocenters. The number of rotatable bonds is 3. The Hall–Kier alpha value is -2.40. The van der Waals surface area contributed by atoms with E-state index in [0.717, 1.165) is 27.8 Å². The molecule has 6 heteroatoms. The molecule has 19 heavy (non-hydrogen) atoms. The van der Waals surface area contributed by atoms with Crippen LogP contribution in [-0.2, 0) is 4.79 Å². The number of nitrogens with zero attached hydrogens (tertiary/aromatic N) is 2. The fourth-order valence-electron chi connectivity index (χ4n) is 2.03. The lowest BCUT2D eigenvalue weighted by atomic mass is 10.1. The highest BCUT2D eigenvalue weighted by Crippen LogP contribution is 2.31. The molecular weight excluding hydrogens is 264 g/mol. The zero-order chi connectivity index (χ0) is 13.2. The minimum Gasteiger partial charge on any atom is -0.359 e. The molecule has 0 spiro atoms. The van der Waals surface area contributed by atoms with Crippen LogP contribution in [0.1, 0.15) is 0 Å². The lowest BCUT2D eigenvalue weighted by Gasteiger charge is -2.02. The molecule has 0 bridgehead atoms. The van der Waals surface area contributed by atoms with Gasteiger partial charge in [0.1, 0.15) is 0 Å². The Bertz CT molecular complexity index is 753. The Morgan fingerprint density at radius 2 is 2.21 bits per heavy atom. The molecule has 2 heterocycles. The summed E-state index contributed by atoms with van der Waals surface area (Å²) in [4.78, 5) is 21.8. The molecule has 2 N–H and O–H groups in total. The highest BCUT2D eigenvalue weighted by atomic mass is 35.5. The summed E-state index contributed by atoms with van der Waals surface area (Å²) in [5.74, 6) is 0. The van der Waals surface area contributed by atoms with Crippen molar-refractivity contribution in [2.45, 2.75) is 0 Å². The van der Waals surface area contributed by atoms with Crippen LogP contribution in [0.15, 0.2) is 36.7 Å². The van der Waals surface area contributed by atoms with Gasteiger partial charge in [-0.1, -0.05) is 12.1 Å². The average molecular weight is 273 g/mol. The molecule has 5 nitrogen and oxygen atoms in total. The van der Waals surface area contributed by atoms with Crippen LogP contribution < -0.4 is 5.32 Å². The number of anilines is 1. The summed E-state index contributed by atoms with van der Waals surface area (Å²) in [6, 6.07) is 7.43. The number of aromatic amines is 1. The normalized spacial score (nSPS) is 10.6. The lowest BCUT2D eigenvalue weighted by Crippen LogP contribution is -1.94. The lowest BCUT2D eigenvalue weighted by molar-refractivity contribution is -0.105. The number of H-pyrrole nitrogens is 1. The van der Waals surface area contributed by atoms with Crippen LogP contribution in [0.5, 0.6) is 0 Å². The Balaban J connectivity index is 2.21.